The molecule has 1 unspecified atom stereocenters. The van der Waals surface area contributed by atoms with E-state index in [-0.39, 0.29) is 28.7 Å². The first kappa shape index (κ1) is 24.6. The molecule has 9 nitrogen and oxygen atoms in total. The van der Waals surface area contributed by atoms with E-state index in [9.17, 15) is 22.8 Å². The van der Waals surface area contributed by atoms with Gasteiger partial charge in [-0.1, -0.05) is 18.2 Å². The molecule has 1 saturated heterocycles. The molecule has 0 aliphatic carbocycles. The quantitative estimate of drug-likeness (QED) is 0.401. The highest BCUT2D eigenvalue weighted by molar-refractivity contribution is 8.00. The van der Waals surface area contributed by atoms with Crippen LogP contribution >= 0.6 is 11.8 Å². The fourth-order valence-electron chi connectivity index (χ4n) is 3.19. The second-order valence-corrected chi connectivity index (χ2v) is 10.6. The van der Waals surface area contributed by atoms with Crippen LogP contribution in [0.1, 0.15) is 16.8 Å². The van der Waals surface area contributed by atoms with E-state index < -0.39 is 34.4 Å². The molecule has 1 aliphatic rings. The minimum Gasteiger partial charge on any atom is -0.497 e. The van der Waals surface area contributed by atoms with E-state index in [4.69, 9.17) is 9.47 Å². The van der Waals surface area contributed by atoms with Crippen LogP contribution in [0.4, 0.5) is 5.69 Å². The van der Waals surface area contributed by atoms with Crippen LogP contribution in [-0.4, -0.2) is 63.2 Å². The van der Waals surface area contributed by atoms with E-state index >= 15 is 0 Å². The summed E-state index contributed by atoms with van der Waals surface area (Å²) in [5, 5.41) is 5.33. The van der Waals surface area contributed by atoms with E-state index in [1.165, 1.54) is 7.11 Å². The normalized spacial score (nSPS) is 16.6. The number of amides is 2. The summed E-state index contributed by atoms with van der Waals surface area (Å²) in [4.78, 5) is 37.3. The monoisotopic (exact) mass is 492 g/mol. The number of carbonyl (C=O) groups excluding carboxylic acids is 3. The third-order valence-corrected chi connectivity index (χ3v) is 7.59. The molecular formula is C22H24N2O7S2. The smallest absolute Gasteiger partial charge is 0.339 e. The Kier molecular flexibility index (Phi) is 8.34. The summed E-state index contributed by atoms with van der Waals surface area (Å²) < 4.78 is 33.2. The van der Waals surface area contributed by atoms with Crippen LogP contribution < -0.4 is 15.4 Å². The number of hydrogen-bond acceptors (Lipinski definition) is 8. The van der Waals surface area contributed by atoms with Gasteiger partial charge >= 0.3 is 5.97 Å². The predicted molar refractivity (Wildman–Crippen MR) is 124 cm³/mol. The molecule has 0 spiro atoms. The lowest BCUT2D eigenvalue weighted by molar-refractivity contribution is -0.124. The van der Waals surface area contributed by atoms with Crippen LogP contribution in [0.5, 0.6) is 5.75 Å². The first-order valence-corrected chi connectivity index (χ1v) is 12.9. The maximum atomic E-state index is 12.5. The van der Waals surface area contributed by atoms with Gasteiger partial charge in [-0.15, -0.1) is 11.8 Å². The van der Waals surface area contributed by atoms with Crippen molar-refractivity contribution in [1.82, 2.24) is 5.32 Å². The van der Waals surface area contributed by atoms with Crippen molar-refractivity contribution in [3.05, 3.63) is 54.1 Å². The first-order chi connectivity index (χ1) is 15.8. The summed E-state index contributed by atoms with van der Waals surface area (Å²) in [6, 6.07) is 13.1. The number of carbonyl (C=O) groups is 3. The molecule has 1 fully saturated rings. The fourth-order valence-corrected chi connectivity index (χ4v) is 5.70. The standard InChI is InChI=1S/C22H24N2O7S2/c1-30-17-6-4-5-15(11-17)23-21(26)13-32-19-8-3-2-7-18(19)22(27)31-12-20(25)24-16-9-10-33(28,29)14-16/h2-8,11,16H,9-10,12-14H2,1H3,(H,23,26)(H,24,25). The second kappa shape index (κ2) is 11.2. The number of hydrogen-bond donors (Lipinski definition) is 2. The fraction of sp³-hybridized carbons (Fsp3) is 0.318. The third kappa shape index (κ3) is 7.50. The number of methoxy groups -OCH3 is 1. The Labute approximate surface area is 196 Å². The number of anilines is 1. The van der Waals surface area contributed by atoms with Gasteiger partial charge in [-0.25, -0.2) is 13.2 Å². The Balaban J connectivity index is 1.51. The Morgan fingerprint density at radius 2 is 1.88 bits per heavy atom. The molecule has 2 N–H and O–H groups in total. The molecule has 0 aromatic heterocycles. The van der Waals surface area contributed by atoms with Gasteiger partial charge in [0.25, 0.3) is 5.91 Å². The molecular weight excluding hydrogens is 468 g/mol. The van der Waals surface area contributed by atoms with Crippen LogP contribution in [0, 0.1) is 0 Å². The molecule has 33 heavy (non-hydrogen) atoms. The summed E-state index contributed by atoms with van der Waals surface area (Å²) in [5.41, 5.74) is 0.821. The van der Waals surface area contributed by atoms with E-state index in [1.54, 1.807) is 48.5 Å². The predicted octanol–water partition coefficient (Wildman–Crippen LogP) is 1.89. The molecule has 1 heterocycles. The van der Waals surface area contributed by atoms with Gasteiger partial charge in [-0.3, -0.25) is 9.59 Å². The van der Waals surface area contributed by atoms with Gasteiger partial charge in [0.1, 0.15) is 5.75 Å². The molecule has 2 aromatic carbocycles. The van der Waals surface area contributed by atoms with Gasteiger partial charge in [-0.05, 0) is 30.7 Å². The zero-order valence-electron chi connectivity index (χ0n) is 17.9. The van der Waals surface area contributed by atoms with Crippen LogP contribution in [0.2, 0.25) is 0 Å². The van der Waals surface area contributed by atoms with Crippen molar-refractivity contribution in [2.24, 2.45) is 0 Å². The van der Waals surface area contributed by atoms with Gasteiger partial charge in [0.2, 0.25) is 5.91 Å². The number of nitrogens with one attached hydrogen (secondary N) is 2. The Morgan fingerprint density at radius 3 is 2.61 bits per heavy atom. The van der Waals surface area contributed by atoms with Gasteiger partial charge < -0.3 is 20.1 Å². The Hall–Kier alpha value is -3.05. The third-order valence-electron chi connectivity index (χ3n) is 4.75. The number of thioether (sulfide) groups is 1. The highest BCUT2D eigenvalue weighted by Gasteiger charge is 2.29. The lowest BCUT2D eigenvalue weighted by atomic mass is 10.2. The topological polar surface area (TPSA) is 128 Å². The highest BCUT2D eigenvalue weighted by atomic mass is 32.2. The molecule has 3 rings (SSSR count). The van der Waals surface area contributed by atoms with Crippen molar-refractivity contribution in [1.29, 1.82) is 0 Å². The molecule has 0 radical (unpaired) electrons. The number of rotatable bonds is 9. The van der Waals surface area contributed by atoms with Crippen LogP contribution in [0.15, 0.2) is 53.4 Å². The average molecular weight is 493 g/mol. The van der Waals surface area contributed by atoms with Gasteiger partial charge in [-0.2, -0.15) is 0 Å². The first-order valence-electron chi connectivity index (χ1n) is 10.1. The van der Waals surface area contributed by atoms with E-state index in [0.29, 0.717) is 22.8 Å². The van der Waals surface area contributed by atoms with Crippen LogP contribution in [-0.2, 0) is 24.2 Å². The Morgan fingerprint density at radius 1 is 1.09 bits per heavy atom. The van der Waals surface area contributed by atoms with Gasteiger partial charge in [0, 0.05) is 22.7 Å². The molecule has 1 atom stereocenters. The maximum absolute atomic E-state index is 12.5. The van der Waals surface area contributed by atoms with Gasteiger partial charge in [0.05, 0.1) is 29.9 Å². The van der Waals surface area contributed by atoms with Crippen molar-refractivity contribution in [3.63, 3.8) is 0 Å². The second-order valence-electron chi connectivity index (χ2n) is 7.31. The summed E-state index contributed by atoms with van der Waals surface area (Å²) in [6.07, 6.45) is 0.347. The van der Waals surface area contributed by atoms with E-state index in [2.05, 4.69) is 10.6 Å². The number of esters is 1. The van der Waals surface area contributed by atoms with Crippen molar-refractivity contribution in [2.75, 3.05) is 36.3 Å². The number of ether oxygens (including phenoxy) is 2. The zero-order chi connectivity index (χ0) is 23.8. The summed E-state index contributed by atoms with van der Waals surface area (Å²) in [7, 11) is -1.58. The molecule has 2 aromatic rings. The number of benzene rings is 2. The maximum Gasteiger partial charge on any atom is 0.339 e. The molecule has 2 amide bonds. The summed E-state index contributed by atoms with van der Waals surface area (Å²) >= 11 is 1.16. The van der Waals surface area contributed by atoms with Crippen LogP contribution in [0.3, 0.4) is 0 Å². The lowest BCUT2D eigenvalue weighted by Crippen LogP contribution is -2.38. The zero-order valence-corrected chi connectivity index (χ0v) is 19.5. The minimum atomic E-state index is -3.12. The molecule has 1 aliphatic heterocycles. The van der Waals surface area contributed by atoms with Crippen molar-refractivity contribution < 1.29 is 32.3 Å². The SMILES string of the molecule is COc1cccc(NC(=O)CSc2ccccc2C(=O)OCC(=O)NC2CCS(=O)(=O)C2)c1. The van der Waals surface area contributed by atoms with Crippen molar-refractivity contribution in [2.45, 2.75) is 17.4 Å². The van der Waals surface area contributed by atoms with Crippen molar-refractivity contribution >= 4 is 45.1 Å². The van der Waals surface area contributed by atoms with Crippen molar-refractivity contribution in [3.8, 4) is 5.75 Å². The summed E-state index contributed by atoms with van der Waals surface area (Å²) in [6.45, 7) is -0.523. The largest absolute Gasteiger partial charge is 0.497 e. The average Bonchev–Trinajstić information content (AvgIpc) is 3.14. The molecule has 0 saturated carbocycles. The van der Waals surface area contributed by atoms with Crippen LogP contribution in [0.25, 0.3) is 0 Å². The van der Waals surface area contributed by atoms with Gasteiger partial charge in [0.15, 0.2) is 16.4 Å². The molecule has 176 valence electrons. The lowest BCUT2D eigenvalue weighted by Gasteiger charge is -2.12. The molecule has 0 bridgehead atoms. The molecule has 11 heteroatoms. The summed E-state index contributed by atoms with van der Waals surface area (Å²) in [5.74, 6) is -0.932. The van der Waals surface area contributed by atoms with E-state index in [1.807, 2.05) is 0 Å². The minimum absolute atomic E-state index is 0.0354. The Bertz CT molecular complexity index is 1140. The van der Waals surface area contributed by atoms with E-state index in [0.717, 1.165) is 11.8 Å². The highest BCUT2D eigenvalue weighted by Crippen LogP contribution is 2.24. The number of sulfone groups is 1.